The lowest BCUT2D eigenvalue weighted by Crippen LogP contribution is -2.41. The van der Waals surface area contributed by atoms with Crippen molar-refractivity contribution < 1.29 is 22.5 Å². The molecule has 2 aromatic carbocycles. The van der Waals surface area contributed by atoms with Gasteiger partial charge in [0, 0.05) is 10.5 Å². The highest BCUT2D eigenvalue weighted by Crippen LogP contribution is 2.37. The molecule has 6 nitrogen and oxygen atoms in total. The van der Waals surface area contributed by atoms with E-state index in [0.29, 0.717) is 22.0 Å². The SMILES string of the molecule is CNS(=O)(=O)c1ccc(Oc2ccc(Cl)cc2)c(B2OC(C)(C)C(C)(C)O2)c1. The summed E-state index contributed by atoms with van der Waals surface area (Å²) in [7, 11) is -3.05. The van der Waals surface area contributed by atoms with Gasteiger partial charge < -0.3 is 14.0 Å². The van der Waals surface area contributed by atoms with Crippen LogP contribution in [0.3, 0.4) is 0 Å². The van der Waals surface area contributed by atoms with Crippen LogP contribution in [-0.2, 0) is 19.3 Å². The standard InChI is InChI=1S/C19H23BClNO5S/c1-18(2)19(3,4)27-20(26-18)16-12-15(28(23,24)22-5)10-11-17(16)25-14-8-6-13(21)7-9-14/h6-12,22H,1-5H3. The molecule has 0 aromatic heterocycles. The molecule has 1 fully saturated rings. The Labute approximate surface area is 171 Å². The minimum atomic E-state index is -3.64. The van der Waals surface area contributed by atoms with Crippen molar-refractivity contribution >= 4 is 34.2 Å². The Morgan fingerprint density at radius 3 is 2.11 bits per heavy atom. The van der Waals surface area contributed by atoms with Crippen molar-refractivity contribution in [1.29, 1.82) is 0 Å². The van der Waals surface area contributed by atoms with Gasteiger partial charge in [-0.15, -0.1) is 0 Å². The normalized spacial score (nSPS) is 18.3. The van der Waals surface area contributed by atoms with Gasteiger partial charge in [-0.1, -0.05) is 11.6 Å². The number of hydrogen-bond acceptors (Lipinski definition) is 5. The molecular weight excluding hydrogens is 401 g/mol. The fourth-order valence-corrected chi connectivity index (χ4v) is 3.58. The summed E-state index contributed by atoms with van der Waals surface area (Å²) >= 11 is 5.93. The summed E-state index contributed by atoms with van der Waals surface area (Å²) in [6, 6.07) is 11.5. The summed E-state index contributed by atoms with van der Waals surface area (Å²) in [6.45, 7) is 7.73. The van der Waals surface area contributed by atoms with E-state index in [2.05, 4.69) is 4.72 Å². The van der Waals surface area contributed by atoms with E-state index in [1.165, 1.54) is 19.2 Å². The first-order valence-corrected chi connectivity index (χ1v) is 10.7. The third-order valence-electron chi connectivity index (χ3n) is 5.11. The topological polar surface area (TPSA) is 73.9 Å². The van der Waals surface area contributed by atoms with Gasteiger partial charge in [0.25, 0.3) is 0 Å². The van der Waals surface area contributed by atoms with Gasteiger partial charge in [-0.2, -0.15) is 0 Å². The van der Waals surface area contributed by atoms with E-state index in [9.17, 15) is 8.42 Å². The van der Waals surface area contributed by atoms with Gasteiger partial charge in [0.15, 0.2) is 0 Å². The Morgan fingerprint density at radius 1 is 1.00 bits per heavy atom. The lowest BCUT2D eigenvalue weighted by atomic mass is 9.78. The molecule has 2 aromatic rings. The van der Waals surface area contributed by atoms with Crippen LogP contribution < -0.4 is 14.9 Å². The first-order valence-electron chi connectivity index (χ1n) is 8.82. The highest BCUT2D eigenvalue weighted by Gasteiger charge is 2.52. The van der Waals surface area contributed by atoms with Crippen LogP contribution in [0.2, 0.25) is 5.02 Å². The van der Waals surface area contributed by atoms with Crippen LogP contribution in [0.4, 0.5) is 0 Å². The maximum absolute atomic E-state index is 12.3. The number of nitrogens with one attached hydrogen (secondary N) is 1. The Balaban J connectivity index is 2.06. The predicted molar refractivity (Wildman–Crippen MR) is 110 cm³/mol. The average Bonchev–Trinajstić information content (AvgIpc) is 2.84. The molecule has 0 unspecified atom stereocenters. The second-order valence-corrected chi connectivity index (χ2v) is 9.87. The quantitative estimate of drug-likeness (QED) is 0.747. The van der Waals surface area contributed by atoms with Gasteiger partial charge in [0.05, 0.1) is 16.1 Å². The van der Waals surface area contributed by atoms with Crippen LogP contribution in [0.15, 0.2) is 47.4 Å². The Morgan fingerprint density at radius 2 is 1.57 bits per heavy atom. The summed E-state index contributed by atoms with van der Waals surface area (Å²) in [4.78, 5) is 0.100. The van der Waals surface area contributed by atoms with E-state index in [1.54, 1.807) is 30.3 Å². The number of ether oxygens (including phenoxy) is 1. The van der Waals surface area contributed by atoms with Gasteiger partial charge >= 0.3 is 7.12 Å². The van der Waals surface area contributed by atoms with Crippen LogP contribution in [0.5, 0.6) is 11.5 Å². The van der Waals surface area contributed by atoms with Gasteiger partial charge in [0.2, 0.25) is 10.0 Å². The van der Waals surface area contributed by atoms with Crippen molar-refractivity contribution in [3.8, 4) is 11.5 Å². The van der Waals surface area contributed by atoms with Crippen LogP contribution in [0, 0.1) is 0 Å². The van der Waals surface area contributed by atoms with E-state index < -0.39 is 28.3 Å². The summed E-state index contributed by atoms with van der Waals surface area (Å²) in [5, 5.41) is 0.592. The summed E-state index contributed by atoms with van der Waals surface area (Å²) in [5.74, 6) is 1.00. The fourth-order valence-electron chi connectivity index (χ4n) is 2.69. The molecule has 0 saturated carbocycles. The van der Waals surface area contributed by atoms with Crippen LogP contribution in [0.25, 0.3) is 0 Å². The number of hydrogen-bond donors (Lipinski definition) is 1. The largest absolute Gasteiger partial charge is 0.498 e. The van der Waals surface area contributed by atoms with Crippen LogP contribution in [-0.4, -0.2) is 33.8 Å². The third kappa shape index (κ3) is 4.06. The molecule has 1 heterocycles. The molecule has 0 atom stereocenters. The van der Waals surface area contributed by atoms with Gasteiger partial charge in [-0.25, -0.2) is 13.1 Å². The predicted octanol–water partition coefficient (Wildman–Crippen LogP) is 3.34. The minimum absolute atomic E-state index is 0.100. The highest BCUT2D eigenvalue weighted by atomic mass is 35.5. The van der Waals surface area contributed by atoms with Crippen molar-refractivity contribution in [3.05, 3.63) is 47.5 Å². The molecule has 1 aliphatic heterocycles. The maximum Gasteiger partial charge on any atom is 0.498 e. The van der Waals surface area contributed by atoms with Crippen LogP contribution >= 0.6 is 11.6 Å². The number of halogens is 1. The van der Waals surface area contributed by atoms with Gasteiger partial charge in [-0.3, -0.25) is 0 Å². The number of sulfonamides is 1. The molecule has 150 valence electrons. The average molecular weight is 424 g/mol. The summed E-state index contributed by atoms with van der Waals surface area (Å²) < 4.78 is 45.1. The first-order chi connectivity index (χ1) is 12.9. The Bertz CT molecular complexity index is 960. The molecule has 1 aliphatic rings. The molecule has 28 heavy (non-hydrogen) atoms. The molecule has 0 spiro atoms. The van der Waals surface area contributed by atoms with E-state index >= 15 is 0 Å². The molecule has 0 aliphatic carbocycles. The molecule has 1 saturated heterocycles. The number of benzene rings is 2. The van der Waals surface area contributed by atoms with Crippen molar-refractivity contribution in [2.45, 2.75) is 43.8 Å². The van der Waals surface area contributed by atoms with Crippen molar-refractivity contribution in [1.82, 2.24) is 4.72 Å². The second kappa shape index (κ2) is 7.35. The van der Waals surface area contributed by atoms with E-state index in [0.717, 1.165) is 0 Å². The zero-order chi connectivity index (χ0) is 20.7. The lowest BCUT2D eigenvalue weighted by molar-refractivity contribution is 0.00578. The van der Waals surface area contributed by atoms with Crippen molar-refractivity contribution in [2.24, 2.45) is 0 Å². The molecule has 1 N–H and O–H groups in total. The van der Waals surface area contributed by atoms with Gasteiger partial charge in [-0.05, 0) is 77.2 Å². The Hall–Kier alpha value is -1.58. The molecule has 0 bridgehead atoms. The monoisotopic (exact) mass is 423 g/mol. The molecular formula is C19H23BClNO5S. The highest BCUT2D eigenvalue weighted by molar-refractivity contribution is 7.89. The number of rotatable bonds is 5. The fraction of sp³-hybridized carbons (Fsp3) is 0.368. The molecule has 3 rings (SSSR count). The molecule has 0 radical (unpaired) electrons. The van der Waals surface area contributed by atoms with Crippen molar-refractivity contribution in [3.63, 3.8) is 0 Å². The summed E-state index contributed by atoms with van der Waals surface area (Å²) in [5.41, 5.74) is -0.662. The second-order valence-electron chi connectivity index (χ2n) is 7.55. The van der Waals surface area contributed by atoms with Crippen LogP contribution in [0.1, 0.15) is 27.7 Å². The summed E-state index contributed by atoms with van der Waals surface area (Å²) in [6.07, 6.45) is 0. The third-order valence-corrected chi connectivity index (χ3v) is 6.77. The Kier molecular flexibility index (Phi) is 5.55. The maximum atomic E-state index is 12.3. The molecule has 0 amide bonds. The van der Waals surface area contributed by atoms with Crippen molar-refractivity contribution in [2.75, 3.05) is 7.05 Å². The smallest absolute Gasteiger partial charge is 0.458 e. The van der Waals surface area contributed by atoms with E-state index in [-0.39, 0.29) is 4.90 Å². The lowest BCUT2D eigenvalue weighted by Gasteiger charge is -2.32. The van der Waals surface area contributed by atoms with E-state index in [4.69, 9.17) is 25.6 Å². The minimum Gasteiger partial charge on any atom is -0.458 e. The zero-order valence-electron chi connectivity index (χ0n) is 16.4. The zero-order valence-corrected chi connectivity index (χ0v) is 18.0. The first kappa shape index (κ1) is 21.1. The van der Waals surface area contributed by atoms with E-state index in [1.807, 2.05) is 27.7 Å². The molecule has 9 heteroatoms. The van der Waals surface area contributed by atoms with Gasteiger partial charge in [0.1, 0.15) is 11.5 Å².